The van der Waals surface area contributed by atoms with Crippen molar-refractivity contribution in [1.29, 1.82) is 0 Å². The van der Waals surface area contributed by atoms with Gasteiger partial charge in [0.05, 0.1) is 23.4 Å². The van der Waals surface area contributed by atoms with Crippen LogP contribution in [0.1, 0.15) is 26.3 Å². The summed E-state index contributed by atoms with van der Waals surface area (Å²) in [5.74, 6) is -1.11. The molecule has 0 saturated carbocycles. The van der Waals surface area contributed by atoms with Crippen LogP contribution in [-0.4, -0.2) is 16.4 Å². The monoisotopic (exact) mass is 381 g/mol. The molecule has 0 aliphatic carbocycles. The van der Waals surface area contributed by atoms with Gasteiger partial charge in [-0.3, -0.25) is 14.4 Å². The standard InChI is InChI=1S/C20H16ClN3O3/c21-16-7-3-1-5-13(16)11-24-12-14(9-10-18(24)25)20(27)23-17-8-4-2-6-15(17)19(22)26/h1-10,12H,11H2,(H2,22,26)(H,23,27). The molecule has 2 amide bonds. The Morgan fingerprint density at radius 1 is 1.00 bits per heavy atom. The molecule has 0 radical (unpaired) electrons. The number of carbonyl (C=O) groups excluding carboxylic acids is 2. The van der Waals surface area contributed by atoms with Crippen molar-refractivity contribution < 1.29 is 9.59 Å². The predicted octanol–water partition coefficient (Wildman–Crippen LogP) is 2.90. The minimum atomic E-state index is -0.644. The highest BCUT2D eigenvalue weighted by Crippen LogP contribution is 2.17. The van der Waals surface area contributed by atoms with Crippen LogP contribution in [0.4, 0.5) is 5.69 Å². The molecular weight excluding hydrogens is 366 g/mol. The number of halogens is 1. The molecule has 0 aliphatic heterocycles. The zero-order valence-electron chi connectivity index (χ0n) is 14.2. The van der Waals surface area contributed by atoms with Crippen molar-refractivity contribution in [2.24, 2.45) is 5.73 Å². The number of aromatic nitrogens is 1. The molecule has 0 atom stereocenters. The van der Waals surface area contributed by atoms with Gasteiger partial charge in [-0.1, -0.05) is 41.9 Å². The molecule has 6 nitrogen and oxygen atoms in total. The molecule has 1 heterocycles. The number of anilines is 1. The molecule has 3 aromatic rings. The number of nitrogens with zero attached hydrogens (tertiary/aromatic N) is 1. The summed E-state index contributed by atoms with van der Waals surface area (Å²) in [6.07, 6.45) is 1.45. The number of nitrogens with one attached hydrogen (secondary N) is 1. The number of rotatable bonds is 5. The van der Waals surface area contributed by atoms with Gasteiger partial charge in [0.25, 0.3) is 17.4 Å². The summed E-state index contributed by atoms with van der Waals surface area (Å²) in [7, 11) is 0. The fraction of sp³-hybridized carbons (Fsp3) is 0.0500. The second-order valence-corrected chi connectivity index (χ2v) is 6.25. The highest BCUT2D eigenvalue weighted by Gasteiger charge is 2.13. The Balaban J connectivity index is 1.88. The molecule has 0 spiro atoms. The summed E-state index contributed by atoms with van der Waals surface area (Å²) < 4.78 is 1.40. The number of primary amides is 1. The number of hydrogen-bond donors (Lipinski definition) is 2. The zero-order valence-corrected chi connectivity index (χ0v) is 14.9. The number of hydrogen-bond acceptors (Lipinski definition) is 3. The second kappa shape index (κ2) is 7.88. The maximum Gasteiger partial charge on any atom is 0.257 e. The second-order valence-electron chi connectivity index (χ2n) is 5.84. The van der Waals surface area contributed by atoms with Crippen LogP contribution in [0, 0.1) is 0 Å². The van der Waals surface area contributed by atoms with Crippen LogP contribution < -0.4 is 16.6 Å². The molecular formula is C20H16ClN3O3. The lowest BCUT2D eigenvalue weighted by molar-refractivity contribution is 0.100. The van der Waals surface area contributed by atoms with E-state index in [0.29, 0.717) is 10.7 Å². The third-order valence-electron chi connectivity index (χ3n) is 3.98. The van der Waals surface area contributed by atoms with Gasteiger partial charge in [-0.05, 0) is 29.8 Å². The highest BCUT2D eigenvalue weighted by atomic mass is 35.5. The van der Waals surface area contributed by atoms with Gasteiger partial charge in [-0.2, -0.15) is 0 Å². The van der Waals surface area contributed by atoms with Crippen LogP contribution in [0.25, 0.3) is 0 Å². The summed E-state index contributed by atoms with van der Waals surface area (Å²) in [5.41, 5.74) is 6.60. The lowest BCUT2D eigenvalue weighted by Gasteiger charge is -2.11. The SMILES string of the molecule is NC(=O)c1ccccc1NC(=O)c1ccc(=O)n(Cc2ccccc2Cl)c1. The smallest absolute Gasteiger partial charge is 0.257 e. The van der Waals surface area contributed by atoms with Gasteiger partial charge >= 0.3 is 0 Å². The quantitative estimate of drug-likeness (QED) is 0.711. The molecule has 136 valence electrons. The van der Waals surface area contributed by atoms with Gasteiger partial charge in [-0.25, -0.2) is 0 Å². The van der Waals surface area contributed by atoms with Gasteiger partial charge in [0.1, 0.15) is 0 Å². The van der Waals surface area contributed by atoms with Crippen LogP contribution in [0.3, 0.4) is 0 Å². The molecule has 0 saturated heterocycles. The van der Waals surface area contributed by atoms with E-state index in [1.165, 1.54) is 29.0 Å². The van der Waals surface area contributed by atoms with E-state index in [-0.39, 0.29) is 23.2 Å². The first-order valence-electron chi connectivity index (χ1n) is 8.10. The Morgan fingerprint density at radius 2 is 1.70 bits per heavy atom. The Kier molecular flexibility index (Phi) is 5.38. The van der Waals surface area contributed by atoms with E-state index in [1.54, 1.807) is 30.3 Å². The minimum absolute atomic E-state index is 0.204. The Hall–Kier alpha value is -3.38. The average molecular weight is 382 g/mol. The van der Waals surface area contributed by atoms with Gasteiger partial charge in [-0.15, -0.1) is 0 Å². The molecule has 7 heteroatoms. The number of amides is 2. The minimum Gasteiger partial charge on any atom is -0.366 e. The normalized spacial score (nSPS) is 10.4. The third-order valence-corrected chi connectivity index (χ3v) is 4.35. The maximum absolute atomic E-state index is 12.6. The van der Waals surface area contributed by atoms with Gasteiger partial charge in [0.2, 0.25) is 0 Å². The highest BCUT2D eigenvalue weighted by molar-refractivity contribution is 6.31. The number of para-hydroxylation sites is 1. The number of carbonyl (C=O) groups is 2. The van der Waals surface area contributed by atoms with Crippen molar-refractivity contribution in [2.75, 3.05) is 5.32 Å². The third kappa shape index (κ3) is 4.24. The Morgan fingerprint density at radius 3 is 2.44 bits per heavy atom. The van der Waals surface area contributed by atoms with Crippen molar-refractivity contribution in [3.8, 4) is 0 Å². The maximum atomic E-state index is 12.6. The summed E-state index contributed by atoms with van der Waals surface area (Å²) in [6, 6.07) is 16.3. The Labute approximate surface area is 160 Å². The first-order chi connectivity index (χ1) is 13.0. The first-order valence-corrected chi connectivity index (χ1v) is 8.47. The van der Waals surface area contributed by atoms with E-state index in [9.17, 15) is 14.4 Å². The molecule has 0 fully saturated rings. The van der Waals surface area contributed by atoms with Crippen LogP contribution in [0.5, 0.6) is 0 Å². The van der Waals surface area contributed by atoms with Gasteiger partial charge in [0.15, 0.2) is 0 Å². The average Bonchev–Trinajstić information content (AvgIpc) is 2.65. The molecule has 0 bridgehead atoms. The summed E-state index contributed by atoms with van der Waals surface area (Å²) in [6.45, 7) is 0.234. The van der Waals surface area contributed by atoms with Gasteiger partial charge in [0, 0.05) is 17.3 Å². The van der Waals surface area contributed by atoms with Crippen LogP contribution >= 0.6 is 11.6 Å². The molecule has 3 N–H and O–H groups in total. The van der Waals surface area contributed by atoms with E-state index in [0.717, 1.165) is 5.56 Å². The van der Waals surface area contributed by atoms with Gasteiger partial charge < -0.3 is 15.6 Å². The summed E-state index contributed by atoms with van der Waals surface area (Å²) in [4.78, 5) is 36.2. The van der Waals surface area contributed by atoms with Crippen molar-refractivity contribution in [1.82, 2.24) is 4.57 Å². The first kappa shape index (κ1) is 18.4. The fourth-order valence-corrected chi connectivity index (χ4v) is 2.80. The number of pyridine rings is 1. The molecule has 0 unspecified atom stereocenters. The van der Waals surface area contributed by atoms with E-state index < -0.39 is 11.8 Å². The zero-order chi connectivity index (χ0) is 19.4. The number of nitrogens with two attached hydrogens (primary N) is 1. The summed E-state index contributed by atoms with van der Waals surface area (Å²) in [5, 5.41) is 3.19. The van der Waals surface area contributed by atoms with Crippen molar-refractivity contribution in [3.05, 3.63) is 98.9 Å². The van der Waals surface area contributed by atoms with Crippen molar-refractivity contribution in [2.45, 2.75) is 6.54 Å². The van der Waals surface area contributed by atoms with E-state index in [1.807, 2.05) is 12.1 Å². The van der Waals surface area contributed by atoms with Crippen molar-refractivity contribution >= 4 is 29.1 Å². The lowest BCUT2D eigenvalue weighted by atomic mass is 10.1. The van der Waals surface area contributed by atoms with Crippen LogP contribution in [0.2, 0.25) is 5.02 Å². The fourth-order valence-electron chi connectivity index (χ4n) is 2.60. The van der Waals surface area contributed by atoms with Crippen molar-refractivity contribution in [3.63, 3.8) is 0 Å². The van der Waals surface area contributed by atoms with E-state index in [2.05, 4.69) is 5.32 Å². The molecule has 27 heavy (non-hydrogen) atoms. The largest absolute Gasteiger partial charge is 0.366 e. The molecule has 1 aromatic heterocycles. The number of benzene rings is 2. The molecule has 3 rings (SSSR count). The van der Waals surface area contributed by atoms with Crippen LogP contribution in [-0.2, 0) is 6.54 Å². The predicted molar refractivity (Wildman–Crippen MR) is 104 cm³/mol. The molecule has 0 aliphatic rings. The molecule has 2 aromatic carbocycles. The van der Waals surface area contributed by atoms with E-state index >= 15 is 0 Å². The van der Waals surface area contributed by atoms with E-state index in [4.69, 9.17) is 17.3 Å². The van der Waals surface area contributed by atoms with Crippen LogP contribution in [0.15, 0.2) is 71.7 Å². The Bertz CT molecular complexity index is 1080. The summed E-state index contributed by atoms with van der Waals surface area (Å²) >= 11 is 6.14. The topological polar surface area (TPSA) is 94.2 Å². The lowest BCUT2D eigenvalue weighted by Crippen LogP contribution is -2.23.